The minimum absolute atomic E-state index is 0.550. The molecule has 0 nitrogen and oxygen atoms in total. The van der Waals surface area contributed by atoms with Gasteiger partial charge in [-0.25, -0.2) is 0 Å². The van der Waals surface area contributed by atoms with Crippen LogP contribution in [0.1, 0.15) is 37.8 Å². The molecule has 72 valence electrons. The van der Waals surface area contributed by atoms with Crippen molar-refractivity contribution in [1.29, 1.82) is 0 Å². The third kappa shape index (κ3) is 1.41. The van der Waals surface area contributed by atoms with Crippen molar-refractivity contribution in [3.63, 3.8) is 0 Å². The zero-order valence-electron chi connectivity index (χ0n) is 9.04. The van der Waals surface area contributed by atoms with E-state index in [2.05, 4.69) is 57.2 Å². The van der Waals surface area contributed by atoms with Crippen molar-refractivity contribution >= 4 is 5.57 Å². The molecule has 0 bridgehead atoms. The average Bonchev–Trinajstić information content (AvgIpc) is 2.18. The molecule has 1 atom stereocenters. The van der Waals surface area contributed by atoms with Gasteiger partial charge >= 0.3 is 0 Å². The third-order valence-corrected chi connectivity index (χ3v) is 2.83. The number of hydrogen-bond donors (Lipinski definition) is 0. The lowest BCUT2D eigenvalue weighted by molar-refractivity contribution is 0.951. The van der Waals surface area contributed by atoms with Crippen LogP contribution in [0.3, 0.4) is 0 Å². The Kier molecular flexibility index (Phi) is 2.28. The van der Waals surface area contributed by atoms with Gasteiger partial charge in [-0.2, -0.15) is 0 Å². The van der Waals surface area contributed by atoms with Gasteiger partial charge in [0.25, 0.3) is 0 Å². The second-order valence-electron chi connectivity index (χ2n) is 4.15. The zero-order valence-corrected chi connectivity index (χ0v) is 9.04. The first-order valence-electron chi connectivity index (χ1n) is 5.15. The van der Waals surface area contributed by atoms with E-state index in [9.17, 15) is 0 Å². The van der Waals surface area contributed by atoms with Crippen LogP contribution in [0.25, 0.3) is 5.57 Å². The lowest BCUT2D eigenvalue weighted by atomic mass is 9.85. The van der Waals surface area contributed by atoms with Gasteiger partial charge in [0.2, 0.25) is 0 Å². The zero-order chi connectivity index (χ0) is 10.1. The van der Waals surface area contributed by atoms with E-state index in [4.69, 9.17) is 0 Å². The molecule has 0 amide bonds. The summed E-state index contributed by atoms with van der Waals surface area (Å²) in [5.41, 5.74) is 5.63. The van der Waals surface area contributed by atoms with Crippen molar-refractivity contribution in [3.05, 3.63) is 53.1 Å². The van der Waals surface area contributed by atoms with Gasteiger partial charge in [0.1, 0.15) is 0 Å². The summed E-state index contributed by atoms with van der Waals surface area (Å²) >= 11 is 0. The number of allylic oxidation sites excluding steroid dienone is 4. The summed E-state index contributed by atoms with van der Waals surface area (Å²) in [5, 5.41) is 0. The maximum atomic E-state index is 2.28. The van der Waals surface area contributed by atoms with Gasteiger partial charge in [-0.05, 0) is 36.5 Å². The Balaban J connectivity index is 2.65. The molecule has 0 saturated carbocycles. The van der Waals surface area contributed by atoms with Gasteiger partial charge in [0.05, 0.1) is 0 Å². The summed E-state index contributed by atoms with van der Waals surface area (Å²) in [6, 6.07) is 8.69. The van der Waals surface area contributed by atoms with Crippen molar-refractivity contribution in [3.8, 4) is 0 Å². The Labute approximate surface area is 86.0 Å². The maximum absolute atomic E-state index is 2.28. The van der Waals surface area contributed by atoms with Crippen LogP contribution in [-0.4, -0.2) is 0 Å². The van der Waals surface area contributed by atoms with Gasteiger partial charge < -0.3 is 0 Å². The van der Waals surface area contributed by atoms with Gasteiger partial charge in [-0.1, -0.05) is 48.9 Å². The van der Waals surface area contributed by atoms with E-state index in [1.165, 1.54) is 22.3 Å². The molecule has 0 radical (unpaired) electrons. The molecule has 0 aliphatic heterocycles. The predicted molar refractivity (Wildman–Crippen MR) is 62.3 cm³/mol. The Hall–Kier alpha value is -1.30. The van der Waals surface area contributed by atoms with Gasteiger partial charge in [-0.3, -0.25) is 0 Å². The summed E-state index contributed by atoms with van der Waals surface area (Å²) in [6.45, 7) is 6.59. The van der Waals surface area contributed by atoms with Crippen LogP contribution in [0.4, 0.5) is 0 Å². The van der Waals surface area contributed by atoms with E-state index in [1.54, 1.807) is 0 Å². The van der Waals surface area contributed by atoms with Crippen LogP contribution in [0.2, 0.25) is 0 Å². The third-order valence-electron chi connectivity index (χ3n) is 2.83. The standard InChI is InChI=1S/C14H16/c1-10(2)12-9-8-11(3)13-6-4-5-7-14(12)13/h4-9,11H,1-3H3/t11-/m1/s1. The molecular weight excluding hydrogens is 168 g/mol. The van der Waals surface area contributed by atoms with Crippen molar-refractivity contribution in [1.82, 2.24) is 0 Å². The molecule has 1 aliphatic rings. The first-order valence-corrected chi connectivity index (χ1v) is 5.15. The van der Waals surface area contributed by atoms with E-state index in [-0.39, 0.29) is 0 Å². The molecule has 0 saturated heterocycles. The van der Waals surface area contributed by atoms with Crippen LogP contribution in [-0.2, 0) is 0 Å². The fourth-order valence-electron chi connectivity index (χ4n) is 2.01. The summed E-state index contributed by atoms with van der Waals surface area (Å²) in [5.74, 6) is 0.550. The highest BCUT2D eigenvalue weighted by Crippen LogP contribution is 2.34. The van der Waals surface area contributed by atoms with Crippen LogP contribution < -0.4 is 0 Å². The van der Waals surface area contributed by atoms with Crippen molar-refractivity contribution in [2.75, 3.05) is 0 Å². The van der Waals surface area contributed by atoms with E-state index in [1.807, 2.05) is 0 Å². The van der Waals surface area contributed by atoms with Gasteiger partial charge in [0.15, 0.2) is 0 Å². The molecule has 0 heteroatoms. The summed E-state index contributed by atoms with van der Waals surface area (Å²) in [7, 11) is 0. The fraction of sp³-hybridized carbons (Fsp3) is 0.286. The Morgan fingerprint density at radius 2 is 1.86 bits per heavy atom. The minimum atomic E-state index is 0.550. The quantitative estimate of drug-likeness (QED) is 0.568. The maximum Gasteiger partial charge on any atom is -0.0000953 e. The van der Waals surface area contributed by atoms with Crippen molar-refractivity contribution in [2.24, 2.45) is 0 Å². The first kappa shape index (κ1) is 9.26. The van der Waals surface area contributed by atoms with E-state index in [0.29, 0.717) is 5.92 Å². The Morgan fingerprint density at radius 3 is 2.57 bits per heavy atom. The average molecular weight is 184 g/mol. The summed E-state index contributed by atoms with van der Waals surface area (Å²) < 4.78 is 0. The molecular formula is C14H16. The number of hydrogen-bond acceptors (Lipinski definition) is 0. The fourth-order valence-corrected chi connectivity index (χ4v) is 2.01. The van der Waals surface area contributed by atoms with E-state index < -0.39 is 0 Å². The molecule has 1 aromatic rings. The van der Waals surface area contributed by atoms with Crippen LogP contribution in [0.5, 0.6) is 0 Å². The predicted octanol–water partition coefficient (Wildman–Crippen LogP) is 4.15. The molecule has 1 aromatic carbocycles. The van der Waals surface area contributed by atoms with Crippen LogP contribution in [0.15, 0.2) is 42.0 Å². The smallest absolute Gasteiger partial charge is 0.0000953 e. The molecule has 1 aliphatic carbocycles. The number of benzene rings is 1. The molecule has 14 heavy (non-hydrogen) atoms. The van der Waals surface area contributed by atoms with Crippen molar-refractivity contribution < 1.29 is 0 Å². The highest BCUT2D eigenvalue weighted by molar-refractivity contribution is 5.80. The first-order chi connectivity index (χ1) is 6.70. The van der Waals surface area contributed by atoms with Crippen LogP contribution >= 0.6 is 0 Å². The SMILES string of the molecule is CC(C)=C1C=C[C@@H](C)c2ccccc21. The van der Waals surface area contributed by atoms with Crippen LogP contribution in [0, 0.1) is 0 Å². The lowest BCUT2D eigenvalue weighted by Crippen LogP contribution is -2.01. The monoisotopic (exact) mass is 184 g/mol. The Bertz CT molecular complexity index is 404. The normalized spacial score (nSPS) is 19.4. The molecule has 0 unspecified atom stereocenters. The summed E-state index contributed by atoms with van der Waals surface area (Å²) in [6.07, 6.45) is 4.53. The largest absolute Gasteiger partial charge is 0.0767 e. The van der Waals surface area contributed by atoms with Crippen molar-refractivity contribution in [2.45, 2.75) is 26.7 Å². The molecule has 0 aromatic heterocycles. The highest BCUT2D eigenvalue weighted by atomic mass is 14.2. The van der Waals surface area contributed by atoms with E-state index in [0.717, 1.165) is 0 Å². The van der Waals surface area contributed by atoms with Gasteiger partial charge in [-0.15, -0.1) is 0 Å². The summed E-state index contributed by atoms with van der Waals surface area (Å²) in [4.78, 5) is 0. The highest BCUT2D eigenvalue weighted by Gasteiger charge is 2.14. The second kappa shape index (κ2) is 3.45. The minimum Gasteiger partial charge on any atom is -0.0767 e. The molecule has 0 spiro atoms. The second-order valence-corrected chi connectivity index (χ2v) is 4.15. The molecule has 0 N–H and O–H groups in total. The number of fused-ring (bicyclic) bond motifs is 1. The Morgan fingerprint density at radius 1 is 1.14 bits per heavy atom. The van der Waals surface area contributed by atoms with E-state index >= 15 is 0 Å². The molecule has 0 fully saturated rings. The lowest BCUT2D eigenvalue weighted by Gasteiger charge is -2.20. The number of rotatable bonds is 0. The topological polar surface area (TPSA) is 0 Å². The van der Waals surface area contributed by atoms with Gasteiger partial charge in [0, 0.05) is 0 Å². The molecule has 0 heterocycles. The molecule has 2 rings (SSSR count).